The number of benzene rings is 1. The van der Waals surface area contributed by atoms with E-state index in [1.54, 1.807) is 6.92 Å². The lowest BCUT2D eigenvalue weighted by molar-refractivity contribution is 0.0780. The van der Waals surface area contributed by atoms with Crippen molar-refractivity contribution in [1.29, 1.82) is 0 Å². The van der Waals surface area contributed by atoms with E-state index >= 15 is 0 Å². The summed E-state index contributed by atoms with van der Waals surface area (Å²) >= 11 is 0. The zero-order valence-corrected chi connectivity index (χ0v) is 13.6. The normalized spacial score (nSPS) is 17.5. The Kier molecular flexibility index (Phi) is 3.76. The molecule has 4 rings (SSSR count). The van der Waals surface area contributed by atoms with Crippen LogP contribution in [0.2, 0.25) is 0 Å². The van der Waals surface area contributed by atoms with E-state index in [9.17, 15) is 4.79 Å². The van der Waals surface area contributed by atoms with Crippen LogP contribution in [0.3, 0.4) is 0 Å². The number of amides is 1. The Hall–Kier alpha value is -2.69. The van der Waals surface area contributed by atoms with Crippen LogP contribution in [0.4, 0.5) is 0 Å². The van der Waals surface area contributed by atoms with Crippen molar-refractivity contribution < 1.29 is 9.21 Å². The molecular formula is C19H19N3O2. The molecule has 1 amide bonds. The Labute approximate surface area is 140 Å². The van der Waals surface area contributed by atoms with Gasteiger partial charge >= 0.3 is 0 Å². The first-order valence-corrected chi connectivity index (χ1v) is 8.24. The van der Waals surface area contributed by atoms with Crippen LogP contribution in [0.5, 0.6) is 0 Å². The van der Waals surface area contributed by atoms with Crippen LogP contribution in [-0.4, -0.2) is 33.9 Å². The Balaban J connectivity index is 1.49. The summed E-state index contributed by atoms with van der Waals surface area (Å²) in [6.07, 6.45) is 5.18. The number of fused-ring (bicyclic) bond motifs is 1. The number of para-hydroxylation sites is 1. The molecule has 3 aromatic rings. The topological polar surface area (TPSA) is 59.2 Å². The van der Waals surface area contributed by atoms with Crippen molar-refractivity contribution in [3.8, 4) is 0 Å². The van der Waals surface area contributed by atoms with E-state index in [0.717, 1.165) is 31.4 Å². The fraction of sp³-hybridized carbons (Fsp3) is 0.316. The summed E-state index contributed by atoms with van der Waals surface area (Å²) in [6.45, 7) is 3.32. The molecule has 122 valence electrons. The lowest BCUT2D eigenvalue weighted by atomic mass is 9.96. The predicted molar refractivity (Wildman–Crippen MR) is 90.7 cm³/mol. The number of rotatable bonds is 3. The number of oxazole rings is 1. The first-order chi connectivity index (χ1) is 11.7. The van der Waals surface area contributed by atoms with E-state index in [4.69, 9.17) is 4.42 Å². The average Bonchev–Trinajstić information content (AvgIpc) is 3.24. The highest BCUT2D eigenvalue weighted by Crippen LogP contribution is 2.26. The lowest BCUT2D eigenvalue weighted by Gasteiger charge is -2.16. The number of likely N-dealkylation sites (tertiary alicyclic amines) is 1. The van der Waals surface area contributed by atoms with Gasteiger partial charge < -0.3 is 9.32 Å². The average molecular weight is 321 g/mol. The van der Waals surface area contributed by atoms with Crippen molar-refractivity contribution in [1.82, 2.24) is 14.9 Å². The fourth-order valence-electron chi connectivity index (χ4n) is 3.49. The van der Waals surface area contributed by atoms with E-state index in [-0.39, 0.29) is 5.91 Å². The summed E-state index contributed by atoms with van der Waals surface area (Å²) in [5, 5.41) is 1.21. The molecule has 3 heterocycles. The van der Waals surface area contributed by atoms with Gasteiger partial charge in [-0.15, -0.1) is 0 Å². The summed E-state index contributed by atoms with van der Waals surface area (Å²) in [5.74, 6) is 1.03. The maximum absolute atomic E-state index is 12.5. The van der Waals surface area contributed by atoms with E-state index in [1.807, 2.05) is 29.3 Å². The Morgan fingerprint density at radius 3 is 3.00 bits per heavy atom. The molecule has 0 bridgehead atoms. The van der Waals surface area contributed by atoms with Gasteiger partial charge in [-0.2, -0.15) is 0 Å². The molecule has 1 aromatic carbocycles. The molecule has 0 N–H and O–H groups in total. The maximum Gasteiger partial charge on any atom is 0.276 e. The second kappa shape index (κ2) is 6.07. The molecule has 1 unspecified atom stereocenters. The van der Waals surface area contributed by atoms with Crippen molar-refractivity contribution >= 4 is 16.8 Å². The smallest absolute Gasteiger partial charge is 0.276 e. The third-order valence-corrected chi connectivity index (χ3v) is 4.77. The van der Waals surface area contributed by atoms with Gasteiger partial charge in [0.25, 0.3) is 5.91 Å². The van der Waals surface area contributed by atoms with Crippen molar-refractivity contribution in [3.05, 3.63) is 59.9 Å². The summed E-state index contributed by atoms with van der Waals surface area (Å²) in [4.78, 5) is 22.9. The Bertz CT molecular complexity index is 882. The van der Waals surface area contributed by atoms with Crippen LogP contribution < -0.4 is 0 Å². The van der Waals surface area contributed by atoms with Crippen LogP contribution in [0, 0.1) is 12.8 Å². The number of carbonyl (C=O) groups is 1. The van der Waals surface area contributed by atoms with Gasteiger partial charge in [-0.3, -0.25) is 9.78 Å². The zero-order valence-electron chi connectivity index (χ0n) is 13.6. The Morgan fingerprint density at radius 1 is 1.29 bits per heavy atom. The van der Waals surface area contributed by atoms with Crippen LogP contribution in [0.25, 0.3) is 10.9 Å². The van der Waals surface area contributed by atoms with Crippen molar-refractivity contribution in [2.45, 2.75) is 19.8 Å². The number of carbonyl (C=O) groups excluding carboxylic acids is 1. The molecule has 5 heteroatoms. The fourth-order valence-corrected chi connectivity index (χ4v) is 3.49. The van der Waals surface area contributed by atoms with E-state index in [0.29, 0.717) is 17.4 Å². The summed E-state index contributed by atoms with van der Waals surface area (Å²) in [5.41, 5.74) is 2.77. The minimum atomic E-state index is -0.0247. The van der Waals surface area contributed by atoms with Gasteiger partial charge in [0.1, 0.15) is 5.76 Å². The van der Waals surface area contributed by atoms with Crippen molar-refractivity contribution in [2.75, 3.05) is 13.1 Å². The summed E-state index contributed by atoms with van der Waals surface area (Å²) in [6, 6.07) is 10.3. The van der Waals surface area contributed by atoms with Crippen molar-refractivity contribution in [3.63, 3.8) is 0 Å². The second-order valence-electron chi connectivity index (χ2n) is 6.35. The molecular weight excluding hydrogens is 302 g/mol. The standard InChI is InChI=1S/C19H19N3O2/c1-13-18(21-12-24-13)19(23)22-9-7-14(11-22)10-15-6-8-20-17-5-3-2-4-16(15)17/h2-6,8,12,14H,7,9-11H2,1H3. The SMILES string of the molecule is Cc1ocnc1C(=O)N1CCC(Cc2ccnc3ccccc23)C1. The summed E-state index contributed by atoms with van der Waals surface area (Å²) in [7, 11) is 0. The number of nitrogens with zero attached hydrogens (tertiary/aromatic N) is 3. The molecule has 2 aromatic heterocycles. The molecule has 0 aliphatic carbocycles. The molecule has 0 saturated carbocycles. The highest BCUT2D eigenvalue weighted by Gasteiger charge is 2.29. The largest absolute Gasteiger partial charge is 0.448 e. The van der Waals surface area contributed by atoms with Crippen LogP contribution in [0.1, 0.15) is 28.2 Å². The van der Waals surface area contributed by atoms with Crippen LogP contribution >= 0.6 is 0 Å². The minimum Gasteiger partial charge on any atom is -0.448 e. The van der Waals surface area contributed by atoms with Gasteiger partial charge in [-0.05, 0) is 43.4 Å². The number of aromatic nitrogens is 2. The molecule has 1 aliphatic rings. The van der Waals surface area contributed by atoms with E-state index in [2.05, 4.69) is 22.1 Å². The Morgan fingerprint density at radius 2 is 2.17 bits per heavy atom. The molecule has 0 radical (unpaired) electrons. The number of hydrogen-bond acceptors (Lipinski definition) is 4. The quantitative estimate of drug-likeness (QED) is 0.743. The van der Waals surface area contributed by atoms with E-state index < -0.39 is 0 Å². The van der Waals surface area contributed by atoms with Crippen LogP contribution in [-0.2, 0) is 6.42 Å². The summed E-state index contributed by atoms with van der Waals surface area (Å²) < 4.78 is 5.15. The molecule has 1 fully saturated rings. The van der Waals surface area contributed by atoms with Crippen molar-refractivity contribution in [2.24, 2.45) is 5.92 Å². The third-order valence-electron chi connectivity index (χ3n) is 4.77. The van der Waals surface area contributed by atoms with Gasteiger partial charge in [-0.1, -0.05) is 18.2 Å². The lowest BCUT2D eigenvalue weighted by Crippen LogP contribution is -2.29. The molecule has 0 spiro atoms. The van der Waals surface area contributed by atoms with Gasteiger partial charge in [0, 0.05) is 24.7 Å². The maximum atomic E-state index is 12.5. The second-order valence-corrected chi connectivity index (χ2v) is 6.35. The van der Waals surface area contributed by atoms with Gasteiger partial charge in [0.05, 0.1) is 5.52 Å². The molecule has 1 atom stereocenters. The predicted octanol–water partition coefficient (Wildman–Crippen LogP) is 3.24. The van der Waals surface area contributed by atoms with Gasteiger partial charge in [-0.25, -0.2) is 4.98 Å². The highest BCUT2D eigenvalue weighted by atomic mass is 16.3. The number of hydrogen-bond donors (Lipinski definition) is 0. The first-order valence-electron chi connectivity index (χ1n) is 8.24. The highest BCUT2D eigenvalue weighted by molar-refractivity contribution is 5.93. The molecule has 24 heavy (non-hydrogen) atoms. The zero-order chi connectivity index (χ0) is 16.5. The minimum absolute atomic E-state index is 0.0247. The van der Waals surface area contributed by atoms with Crippen LogP contribution in [0.15, 0.2) is 47.3 Å². The molecule has 5 nitrogen and oxygen atoms in total. The monoisotopic (exact) mass is 321 g/mol. The number of aryl methyl sites for hydroxylation is 1. The van der Waals surface area contributed by atoms with E-state index in [1.165, 1.54) is 17.3 Å². The first kappa shape index (κ1) is 14.9. The third kappa shape index (κ3) is 2.66. The van der Waals surface area contributed by atoms with Gasteiger partial charge in [0.15, 0.2) is 12.1 Å². The molecule has 1 aliphatic heterocycles. The molecule has 1 saturated heterocycles. The van der Waals surface area contributed by atoms with Gasteiger partial charge in [0.2, 0.25) is 0 Å². The number of pyridine rings is 1.